The molecule has 4 nitrogen and oxygen atoms in total. The summed E-state index contributed by atoms with van der Waals surface area (Å²) in [6.07, 6.45) is 0.801. The minimum atomic E-state index is -1.03. The average molecular weight is 264 g/mol. The Balaban J connectivity index is 0.00000256. The van der Waals surface area contributed by atoms with Crippen LogP contribution < -0.4 is 0 Å². The summed E-state index contributed by atoms with van der Waals surface area (Å²) in [4.78, 5) is 21.9. The van der Waals surface area contributed by atoms with Crippen LogP contribution in [0.15, 0.2) is 30.3 Å². The van der Waals surface area contributed by atoms with Crippen LogP contribution in [0.2, 0.25) is 5.02 Å². The van der Waals surface area contributed by atoms with Gasteiger partial charge in [0.15, 0.2) is 0 Å². The maximum absolute atomic E-state index is 11.1. The molecule has 0 aliphatic carbocycles. The van der Waals surface area contributed by atoms with E-state index in [1.807, 2.05) is 0 Å². The molecule has 0 aliphatic rings. The molecule has 0 unspecified atom stereocenters. The molecule has 1 aromatic carbocycles. The number of rotatable bonds is 3. The summed E-state index contributed by atoms with van der Waals surface area (Å²) in [6, 6.07) is 6.17. The van der Waals surface area contributed by atoms with Crippen molar-refractivity contribution in [1.82, 2.24) is 0 Å². The van der Waals surface area contributed by atoms with Crippen molar-refractivity contribution in [1.29, 1.82) is 0 Å². The first-order valence-electron chi connectivity index (χ1n) is 4.33. The monoisotopic (exact) mass is 263 g/mol. The molecule has 0 bridgehead atoms. The first-order valence-corrected chi connectivity index (χ1v) is 4.71. The van der Waals surface area contributed by atoms with Crippen molar-refractivity contribution in [3.63, 3.8) is 0 Å². The van der Waals surface area contributed by atoms with Crippen LogP contribution >= 0.6 is 11.6 Å². The van der Waals surface area contributed by atoms with E-state index in [4.69, 9.17) is 11.6 Å². The fraction of sp³-hybridized carbons (Fsp3) is 0.0909. The van der Waals surface area contributed by atoms with E-state index < -0.39 is 11.8 Å². The molecule has 85 valence electrons. The normalized spacial score (nSPS) is 10.4. The Morgan fingerprint density at radius 3 is 2.29 bits per heavy atom. The maximum atomic E-state index is 11.1. The molecule has 1 N–H and O–H groups in total. The minimum absolute atomic E-state index is 0. The van der Waals surface area contributed by atoms with Crippen LogP contribution in [-0.4, -0.2) is 53.5 Å². The van der Waals surface area contributed by atoms with Gasteiger partial charge in [-0.15, -0.1) is 0 Å². The Labute approximate surface area is 126 Å². The molecule has 17 heavy (non-hydrogen) atoms. The molecule has 0 heterocycles. The fourth-order valence-electron chi connectivity index (χ4n) is 0.988. The SMILES string of the molecule is COC(=O)C(=O)C=C(O)c1ccc(Cl)cc1.[Na]. The Morgan fingerprint density at radius 2 is 1.82 bits per heavy atom. The number of halogens is 1. The Morgan fingerprint density at radius 1 is 1.29 bits per heavy atom. The molecule has 6 heteroatoms. The number of benzene rings is 1. The van der Waals surface area contributed by atoms with Gasteiger partial charge >= 0.3 is 5.97 Å². The summed E-state index contributed by atoms with van der Waals surface area (Å²) in [7, 11) is 1.09. The summed E-state index contributed by atoms with van der Waals surface area (Å²) in [5, 5.41) is 10.0. The summed E-state index contributed by atoms with van der Waals surface area (Å²) in [6.45, 7) is 0. The number of ether oxygens (including phenoxy) is 1. The zero-order valence-electron chi connectivity index (χ0n) is 9.44. The number of esters is 1. The zero-order valence-corrected chi connectivity index (χ0v) is 12.2. The van der Waals surface area contributed by atoms with Crippen LogP contribution in [0.1, 0.15) is 5.56 Å². The van der Waals surface area contributed by atoms with Crippen LogP contribution in [0, 0.1) is 0 Å². The maximum Gasteiger partial charge on any atom is 0.378 e. The smallest absolute Gasteiger partial charge is 0.378 e. The van der Waals surface area contributed by atoms with Crippen molar-refractivity contribution in [3.05, 3.63) is 40.9 Å². The van der Waals surface area contributed by atoms with Gasteiger partial charge in [-0.05, 0) is 24.3 Å². The van der Waals surface area contributed by atoms with E-state index in [0.717, 1.165) is 13.2 Å². The zero-order chi connectivity index (χ0) is 12.1. The fourth-order valence-corrected chi connectivity index (χ4v) is 1.11. The molecule has 1 aromatic rings. The second kappa shape index (κ2) is 7.50. The molecule has 0 spiro atoms. The van der Waals surface area contributed by atoms with E-state index in [0.29, 0.717) is 10.6 Å². The number of aliphatic hydroxyl groups is 1. The van der Waals surface area contributed by atoms with Gasteiger partial charge in [-0.25, -0.2) is 4.79 Å². The van der Waals surface area contributed by atoms with Gasteiger partial charge in [-0.1, -0.05) is 11.6 Å². The standard InChI is InChI=1S/C11H9ClO4.Na/c1-16-11(15)10(14)6-9(13)7-2-4-8(12)5-3-7;/h2-6,13H,1H3;. The summed E-state index contributed by atoms with van der Waals surface area (Å²) in [5.74, 6) is -2.26. The Hall–Kier alpha value is -0.810. The number of ketones is 1. The van der Waals surface area contributed by atoms with Gasteiger partial charge in [0.1, 0.15) is 5.76 Å². The van der Waals surface area contributed by atoms with Crippen molar-refractivity contribution in [2.75, 3.05) is 7.11 Å². The van der Waals surface area contributed by atoms with E-state index in [1.165, 1.54) is 12.1 Å². The number of carbonyl (C=O) groups excluding carboxylic acids is 2. The number of aliphatic hydroxyl groups excluding tert-OH is 1. The molecule has 0 aliphatic heterocycles. The molecule has 0 saturated carbocycles. The van der Waals surface area contributed by atoms with Crippen LogP contribution in [0.25, 0.3) is 5.76 Å². The molecule has 1 rings (SSSR count). The molecule has 0 saturated heterocycles. The van der Waals surface area contributed by atoms with Crippen molar-refractivity contribution in [3.8, 4) is 0 Å². The van der Waals surface area contributed by atoms with E-state index >= 15 is 0 Å². The van der Waals surface area contributed by atoms with Gasteiger partial charge in [-0.3, -0.25) is 4.79 Å². The van der Waals surface area contributed by atoms with Crippen LogP contribution in [0.4, 0.5) is 0 Å². The summed E-state index contributed by atoms with van der Waals surface area (Å²) >= 11 is 5.65. The quantitative estimate of drug-likeness (QED) is 0.296. The van der Waals surface area contributed by atoms with E-state index in [-0.39, 0.29) is 35.3 Å². The summed E-state index contributed by atoms with van der Waals surface area (Å²) < 4.78 is 4.20. The van der Waals surface area contributed by atoms with Gasteiger partial charge in [0.25, 0.3) is 5.78 Å². The van der Waals surface area contributed by atoms with Crippen LogP contribution in [0.3, 0.4) is 0 Å². The molecule has 0 fully saturated rings. The van der Waals surface area contributed by atoms with Crippen LogP contribution in [0.5, 0.6) is 0 Å². The molecule has 0 atom stereocenters. The van der Waals surface area contributed by atoms with Crippen LogP contribution in [-0.2, 0) is 14.3 Å². The van der Waals surface area contributed by atoms with Gasteiger partial charge in [-0.2, -0.15) is 0 Å². The second-order valence-corrected chi connectivity index (χ2v) is 3.33. The van der Waals surface area contributed by atoms with E-state index in [9.17, 15) is 14.7 Å². The Kier molecular flexibility index (Phi) is 7.15. The van der Waals surface area contributed by atoms with E-state index in [2.05, 4.69) is 4.74 Å². The van der Waals surface area contributed by atoms with Crippen molar-refractivity contribution < 1.29 is 19.4 Å². The first-order chi connectivity index (χ1) is 7.54. The first kappa shape index (κ1) is 16.2. The van der Waals surface area contributed by atoms with Gasteiger partial charge < -0.3 is 9.84 Å². The molecular formula is C11H9ClNaO4. The number of hydrogen-bond donors (Lipinski definition) is 1. The van der Waals surface area contributed by atoms with Crippen molar-refractivity contribution in [2.45, 2.75) is 0 Å². The molecule has 0 amide bonds. The third-order valence-electron chi connectivity index (χ3n) is 1.79. The van der Waals surface area contributed by atoms with Gasteiger partial charge in [0, 0.05) is 46.2 Å². The second-order valence-electron chi connectivity index (χ2n) is 2.89. The van der Waals surface area contributed by atoms with Gasteiger partial charge in [0.05, 0.1) is 7.11 Å². The third-order valence-corrected chi connectivity index (χ3v) is 2.05. The van der Waals surface area contributed by atoms with Gasteiger partial charge in [0.2, 0.25) is 0 Å². The predicted molar refractivity (Wildman–Crippen MR) is 64.8 cm³/mol. The largest absolute Gasteiger partial charge is 0.507 e. The molecular weight excluding hydrogens is 255 g/mol. The Bertz CT molecular complexity index is 439. The topological polar surface area (TPSA) is 63.6 Å². The molecule has 1 radical (unpaired) electrons. The number of hydrogen-bond acceptors (Lipinski definition) is 4. The predicted octanol–water partition coefficient (Wildman–Crippen LogP) is 1.60. The molecule has 0 aromatic heterocycles. The minimum Gasteiger partial charge on any atom is -0.507 e. The van der Waals surface area contributed by atoms with E-state index in [1.54, 1.807) is 12.1 Å². The van der Waals surface area contributed by atoms with Crippen molar-refractivity contribution >= 4 is 58.7 Å². The number of carbonyl (C=O) groups is 2. The third kappa shape index (κ3) is 4.91. The summed E-state index contributed by atoms with van der Waals surface area (Å²) in [5.41, 5.74) is 0.390. The number of methoxy groups -OCH3 is 1. The average Bonchev–Trinajstić information content (AvgIpc) is 2.28. The van der Waals surface area contributed by atoms with Crippen molar-refractivity contribution in [2.24, 2.45) is 0 Å².